The molecule has 3 rings (SSSR count). The Balaban J connectivity index is 1.44. The van der Waals surface area contributed by atoms with Gasteiger partial charge in [0.25, 0.3) is 5.91 Å². The van der Waals surface area contributed by atoms with Crippen LogP contribution in [0, 0.1) is 6.92 Å². The minimum Gasteiger partial charge on any atom is -0.482 e. The van der Waals surface area contributed by atoms with Crippen LogP contribution in [0.1, 0.15) is 21.5 Å². The molecular weight excluding hydrogens is 382 g/mol. The monoisotopic (exact) mass is 403 g/mol. The van der Waals surface area contributed by atoms with E-state index in [-0.39, 0.29) is 12.4 Å². The van der Waals surface area contributed by atoms with Crippen molar-refractivity contribution in [3.8, 4) is 5.75 Å². The molecule has 3 aromatic rings. The third-order valence-electron chi connectivity index (χ3n) is 4.29. The summed E-state index contributed by atoms with van der Waals surface area (Å²) in [6, 6.07) is 22.7. The van der Waals surface area contributed by atoms with E-state index in [4.69, 9.17) is 9.47 Å². The zero-order chi connectivity index (χ0) is 21.3. The second kappa shape index (κ2) is 10.0. The average molecular weight is 403 g/mol. The zero-order valence-electron chi connectivity index (χ0n) is 16.5. The van der Waals surface area contributed by atoms with Crippen molar-refractivity contribution in [3.05, 3.63) is 95.6 Å². The lowest BCUT2D eigenvalue weighted by Gasteiger charge is -2.09. The summed E-state index contributed by atoms with van der Waals surface area (Å²) in [6.45, 7) is 1.12. The Hall–Kier alpha value is -3.93. The van der Waals surface area contributed by atoms with Gasteiger partial charge < -0.3 is 14.8 Å². The van der Waals surface area contributed by atoms with Gasteiger partial charge in [-0.1, -0.05) is 48.5 Å². The van der Waals surface area contributed by atoms with E-state index in [1.54, 1.807) is 60.7 Å². The summed E-state index contributed by atoms with van der Waals surface area (Å²) in [5, 5.41) is 2.68. The molecule has 0 heterocycles. The lowest BCUT2D eigenvalue weighted by molar-refractivity contribution is -0.149. The van der Waals surface area contributed by atoms with Gasteiger partial charge in [-0.25, -0.2) is 4.79 Å². The van der Waals surface area contributed by atoms with Crippen LogP contribution < -0.4 is 10.1 Å². The maximum Gasteiger partial charge on any atom is 0.344 e. The average Bonchev–Trinajstić information content (AvgIpc) is 2.78. The van der Waals surface area contributed by atoms with E-state index in [0.717, 1.165) is 5.56 Å². The number of benzene rings is 3. The van der Waals surface area contributed by atoms with Crippen LogP contribution in [0.3, 0.4) is 0 Å². The second-order valence-corrected chi connectivity index (χ2v) is 6.53. The van der Waals surface area contributed by atoms with Crippen LogP contribution in [-0.2, 0) is 14.3 Å². The number of para-hydroxylation sites is 1. The molecule has 0 aromatic heterocycles. The minimum absolute atomic E-state index is 0.0961. The molecule has 0 spiro atoms. The van der Waals surface area contributed by atoms with Gasteiger partial charge in [-0.3, -0.25) is 9.59 Å². The predicted octanol–water partition coefficient (Wildman–Crippen LogP) is 3.79. The summed E-state index contributed by atoms with van der Waals surface area (Å²) in [5.41, 5.74) is 2.69. The maximum absolute atomic E-state index is 12.4. The van der Waals surface area contributed by atoms with Crippen molar-refractivity contribution in [3.63, 3.8) is 0 Å². The summed E-state index contributed by atoms with van der Waals surface area (Å²) in [4.78, 5) is 36.1. The normalized spacial score (nSPS) is 10.2. The number of anilines is 1. The molecule has 0 saturated heterocycles. The summed E-state index contributed by atoms with van der Waals surface area (Å²) in [5.74, 6) is -0.775. The molecule has 0 aliphatic rings. The summed E-state index contributed by atoms with van der Waals surface area (Å²) in [6.07, 6.45) is 0. The van der Waals surface area contributed by atoms with E-state index < -0.39 is 18.5 Å². The van der Waals surface area contributed by atoms with E-state index in [9.17, 15) is 14.4 Å². The molecule has 1 amide bonds. The van der Waals surface area contributed by atoms with Crippen LogP contribution >= 0.6 is 0 Å². The highest BCUT2D eigenvalue weighted by Gasteiger charge is 2.11. The number of ketones is 1. The van der Waals surface area contributed by atoms with E-state index in [1.807, 2.05) is 25.1 Å². The smallest absolute Gasteiger partial charge is 0.344 e. The summed E-state index contributed by atoms with van der Waals surface area (Å²) < 4.78 is 10.3. The Bertz CT molecular complexity index is 1030. The Kier molecular flexibility index (Phi) is 6.95. The Labute approximate surface area is 174 Å². The molecule has 0 atom stereocenters. The van der Waals surface area contributed by atoms with Crippen LogP contribution in [0.4, 0.5) is 5.69 Å². The predicted molar refractivity (Wildman–Crippen MR) is 113 cm³/mol. The molecular formula is C24H21NO5. The number of hydrogen-bond acceptors (Lipinski definition) is 5. The van der Waals surface area contributed by atoms with Crippen LogP contribution in [0.25, 0.3) is 0 Å². The van der Waals surface area contributed by atoms with Crippen molar-refractivity contribution in [2.45, 2.75) is 6.92 Å². The van der Waals surface area contributed by atoms with Gasteiger partial charge in [0.2, 0.25) is 0 Å². The third-order valence-corrected chi connectivity index (χ3v) is 4.29. The number of amides is 1. The number of ether oxygens (including phenoxy) is 2. The minimum atomic E-state index is -0.667. The molecule has 0 saturated carbocycles. The first kappa shape index (κ1) is 20.8. The molecule has 30 heavy (non-hydrogen) atoms. The Morgan fingerprint density at radius 1 is 0.767 bits per heavy atom. The van der Waals surface area contributed by atoms with Gasteiger partial charge >= 0.3 is 5.97 Å². The largest absolute Gasteiger partial charge is 0.482 e. The van der Waals surface area contributed by atoms with Gasteiger partial charge in [0.1, 0.15) is 5.75 Å². The van der Waals surface area contributed by atoms with E-state index in [1.165, 1.54) is 0 Å². The van der Waals surface area contributed by atoms with Crippen molar-refractivity contribution in [1.29, 1.82) is 0 Å². The topological polar surface area (TPSA) is 81.7 Å². The number of aryl methyl sites for hydroxylation is 1. The van der Waals surface area contributed by atoms with E-state index in [0.29, 0.717) is 22.6 Å². The van der Waals surface area contributed by atoms with Gasteiger partial charge in [-0.15, -0.1) is 0 Å². The van der Waals surface area contributed by atoms with E-state index in [2.05, 4.69) is 5.32 Å². The standard InChI is InChI=1S/C24H21NO5/c1-17-7-5-6-10-21(17)25-22(26)15-30-23(27)16-29-20-13-11-19(12-14-20)24(28)18-8-3-2-4-9-18/h2-14H,15-16H2,1H3,(H,25,26). The van der Waals surface area contributed by atoms with Crippen molar-refractivity contribution < 1.29 is 23.9 Å². The summed E-state index contributed by atoms with van der Waals surface area (Å²) in [7, 11) is 0. The van der Waals surface area contributed by atoms with E-state index >= 15 is 0 Å². The van der Waals surface area contributed by atoms with Crippen LogP contribution in [0.15, 0.2) is 78.9 Å². The molecule has 152 valence electrons. The molecule has 0 radical (unpaired) electrons. The number of rotatable bonds is 8. The zero-order valence-corrected chi connectivity index (χ0v) is 16.5. The molecule has 3 aromatic carbocycles. The van der Waals surface area contributed by atoms with Crippen molar-refractivity contribution >= 4 is 23.3 Å². The molecule has 0 aliphatic carbocycles. The van der Waals surface area contributed by atoms with Crippen molar-refractivity contribution in [2.75, 3.05) is 18.5 Å². The van der Waals surface area contributed by atoms with Gasteiger partial charge in [0.15, 0.2) is 19.0 Å². The molecule has 0 unspecified atom stereocenters. The van der Waals surface area contributed by atoms with Gasteiger partial charge in [0, 0.05) is 16.8 Å². The van der Waals surface area contributed by atoms with Gasteiger partial charge in [-0.2, -0.15) is 0 Å². The maximum atomic E-state index is 12.4. The highest BCUT2D eigenvalue weighted by atomic mass is 16.6. The fraction of sp³-hybridized carbons (Fsp3) is 0.125. The number of nitrogens with one attached hydrogen (secondary N) is 1. The van der Waals surface area contributed by atoms with Crippen molar-refractivity contribution in [2.24, 2.45) is 0 Å². The Morgan fingerprint density at radius 3 is 2.10 bits per heavy atom. The quantitative estimate of drug-likeness (QED) is 0.457. The molecule has 1 N–H and O–H groups in total. The van der Waals surface area contributed by atoms with Crippen LogP contribution in [0.2, 0.25) is 0 Å². The first-order valence-electron chi connectivity index (χ1n) is 9.36. The number of carbonyl (C=O) groups excluding carboxylic acids is 3. The lowest BCUT2D eigenvalue weighted by atomic mass is 10.0. The van der Waals surface area contributed by atoms with Gasteiger partial charge in [-0.05, 0) is 42.8 Å². The second-order valence-electron chi connectivity index (χ2n) is 6.53. The lowest BCUT2D eigenvalue weighted by Crippen LogP contribution is -2.23. The van der Waals surface area contributed by atoms with Crippen molar-refractivity contribution in [1.82, 2.24) is 0 Å². The SMILES string of the molecule is Cc1ccccc1NC(=O)COC(=O)COc1ccc(C(=O)c2ccccc2)cc1. The van der Waals surface area contributed by atoms with Crippen LogP contribution in [-0.4, -0.2) is 30.9 Å². The fourth-order valence-corrected chi connectivity index (χ4v) is 2.69. The first-order valence-corrected chi connectivity index (χ1v) is 9.36. The first-order chi connectivity index (χ1) is 14.5. The number of esters is 1. The highest BCUT2D eigenvalue weighted by Crippen LogP contribution is 2.16. The molecule has 6 nitrogen and oxygen atoms in total. The summed E-state index contributed by atoms with van der Waals surface area (Å²) >= 11 is 0. The van der Waals surface area contributed by atoms with Gasteiger partial charge in [0.05, 0.1) is 0 Å². The van der Waals surface area contributed by atoms with Crippen LogP contribution in [0.5, 0.6) is 5.75 Å². The third kappa shape index (κ3) is 5.78. The molecule has 6 heteroatoms. The molecule has 0 bridgehead atoms. The number of hydrogen-bond donors (Lipinski definition) is 1. The fourth-order valence-electron chi connectivity index (χ4n) is 2.69. The molecule has 0 fully saturated rings. The highest BCUT2D eigenvalue weighted by molar-refractivity contribution is 6.09. The number of carbonyl (C=O) groups is 3. The Morgan fingerprint density at radius 2 is 1.40 bits per heavy atom. The molecule has 0 aliphatic heterocycles.